The molecule has 37 heavy (non-hydrogen) atoms. The van der Waals surface area contributed by atoms with Crippen LogP contribution in [0.1, 0.15) is 17.0 Å². The molecule has 10 heteroatoms. The predicted octanol–water partition coefficient (Wildman–Crippen LogP) is 6.50. The van der Waals surface area contributed by atoms with Gasteiger partial charge in [-0.3, -0.25) is 14.9 Å². The van der Waals surface area contributed by atoms with Gasteiger partial charge in [0, 0.05) is 39.4 Å². The Hall–Kier alpha value is -4.75. The minimum Gasteiger partial charge on any atom is -0.439 e. The van der Waals surface area contributed by atoms with E-state index in [0.717, 1.165) is 33.3 Å². The lowest BCUT2D eigenvalue weighted by Crippen LogP contribution is -2.13. The first-order valence-electron chi connectivity index (χ1n) is 11.0. The van der Waals surface area contributed by atoms with Crippen molar-refractivity contribution in [3.63, 3.8) is 0 Å². The van der Waals surface area contributed by atoms with Crippen LogP contribution >= 0.6 is 15.9 Å². The summed E-state index contributed by atoms with van der Waals surface area (Å²) < 4.78 is 8.57. The lowest BCUT2D eigenvalue weighted by Gasteiger charge is -2.11. The summed E-state index contributed by atoms with van der Waals surface area (Å²) in [5.41, 5.74) is 3.84. The van der Waals surface area contributed by atoms with Gasteiger partial charge in [-0.15, -0.1) is 0 Å². The Morgan fingerprint density at radius 1 is 1.14 bits per heavy atom. The number of nitrogens with zero attached hydrogens (tertiary/aromatic N) is 4. The van der Waals surface area contributed by atoms with Crippen LogP contribution in [0.2, 0.25) is 0 Å². The fraction of sp³-hybridized carbons (Fsp3) is 0.0741. The van der Waals surface area contributed by atoms with Gasteiger partial charge >= 0.3 is 0 Å². The van der Waals surface area contributed by atoms with E-state index >= 15 is 0 Å². The highest BCUT2D eigenvalue weighted by Gasteiger charge is 2.14. The molecule has 0 saturated carbocycles. The molecule has 0 radical (unpaired) electrons. The number of nitro groups is 1. The first kappa shape index (κ1) is 25.3. The van der Waals surface area contributed by atoms with Crippen molar-refractivity contribution in [2.24, 2.45) is 0 Å². The van der Waals surface area contributed by atoms with Crippen LogP contribution in [0.3, 0.4) is 0 Å². The van der Waals surface area contributed by atoms with Crippen LogP contribution in [0, 0.1) is 35.3 Å². The minimum absolute atomic E-state index is 0.0116. The average molecular weight is 558 g/mol. The number of aryl methyl sites for hydroxylation is 1. The molecule has 0 unspecified atom stereocenters. The summed E-state index contributed by atoms with van der Waals surface area (Å²) in [4.78, 5) is 26.9. The largest absolute Gasteiger partial charge is 0.439 e. The van der Waals surface area contributed by atoms with Crippen LogP contribution in [0.4, 0.5) is 11.4 Å². The molecule has 1 N–H and O–H groups in total. The van der Waals surface area contributed by atoms with Gasteiger partial charge in [-0.05, 0) is 80.1 Å². The molecule has 9 nitrogen and oxygen atoms in total. The quantitative estimate of drug-likeness (QED) is 0.120. The molecule has 4 aromatic rings. The number of benzene rings is 2. The molecular formula is C27H20BrN5O4. The maximum absolute atomic E-state index is 12.7. The minimum atomic E-state index is -0.523. The Bertz CT molecular complexity index is 1530. The van der Waals surface area contributed by atoms with Gasteiger partial charge in [-0.25, -0.2) is 4.98 Å². The number of aromatic nitrogens is 2. The van der Waals surface area contributed by atoms with Crippen molar-refractivity contribution in [3.8, 4) is 23.4 Å². The fourth-order valence-corrected chi connectivity index (χ4v) is 3.96. The Labute approximate surface area is 220 Å². The molecular weight excluding hydrogens is 538 g/mol. The van der Waals surface area contributed by atoms with Crippen molar-refractivity contribution in [1.29, 1.82) is 5.26 Å². The van der Waals surface area contributed by atoms with Crippen LogP contribution in [-0.4, -0.2) is 20.4 Å². The van der Waals surface area contributed by atoms with E-state index in [1.807, 2.05) is 42.7 Å². The van der Waals surface area contributed by atoms with Crippen LogP contribution in [-0.2, 0) is 4.79 Å². The average Bonchev–Trinajstić information content (AvgIpc) is 3.17. The maximum Gasteiger partial charge on any atom is 0.287 e. The van der Waals surface area contributed by atoms with E-state index in [1.54, 1.807) is 42.5 Å². The van der Waals surface area contributed by atoms with Crippen LogP contribution in [0.5, 0.6) is 11.6 Å². The van der Waals surface area contributed by atoms with E-state index in [2.05, 4.69) is 26.2 Å². The molecule has 4 rings (SSSR count). The summed E-state index contributed by atoms with van der Waals surface area (Å²) in [6.45, 7) is 3.84. The number of amides is 1. The zero-order chi connectivity index (χ0) is 26.5. The van der Waals surface area contributed by atoms with Gasteiger partial charge in [0.05, 0.1) is 4.92 Å². The molecule has 0 spiro atoms. The normalized spacial score (nSPS) is 11.0. The highest BCUT2D eigenvalue weighted by Crippen LogP contribution is 2.27. The molecule has 0 aliphatic carbocycles. The Kier molecular flexibility index (Phi) is 7.46. The van der Waals surface area contributed by atoms with Crippen LogP contribution < -0.4 is 10.1 Å². The van der Waals surface area contributed by atoms with E-state index in [4.69, 9.17) is 4.74 Å². The molecule has 2 aromatic carbocycles. The zero-order valence-electron chi connectivity index (χ0n) is 19.8. The number of pyridine rings is 1. The van der Waals surface area contributed by atoms with Gasteiger partial charge in [0.15, 0.2) is 0 Å². The van der Waals surface area contributed by atoms with Gasteiger partial charge < -0.3 is 14.6 Å². The number of carbonyl (C=O) groups excluding carboxylic acids is 1. The summed E-state index contributed by atoms with van der Waals surface area (Å²) in [6, 6.07) is 21.0. The SMILES string of the molecule is Cc1cc(/C=C(/C#N)C(=O)Nc2ccc(Br)cc2)c(C)n1-c1ccc(Oc2ccc([N+](=O)[O-])cn2)cc1. The van der Waals surface area contributed by atoms with Crippen molar-refractivity contribution < 1.29 is 14.5 Å². The van der Waals surface area contributed by atoms with Crippen molar-refractivity contribution in [3.05, 3.63) is 110 Å². The van der Waals surface area contributed by atoms with Gasteiger partial charge in [0.1, 0.15) is 23.6 Å². The smallest absolute Gasteiger partial charge is 0.287 e. The Balaban J connectivity index is 1.53. The molecule has 1 amide bonds. The number of anilines is 1. The summed E-state index contributed by atoms with van der Waals surface area (Å²) in [5, 5.41) is 23.1. The molecule has 0 aliphatic heterocycles. The van der Waals surface area contributed by atoms with Crippen molar-refractivity contribution in [2.45, 2.75) is 13.8 Å². The Morgan fingerprint density at radius 2 is 1.84 bits per heavy atom. The lowest BCUT2D eigenvalue weighted by molar-refractivity contribution is -0.385. The van der Waals surface area contributed by atoms with Gasteiger partial charge in [-0.1, -0.05) is 15.9 Å². The predicted molar refractivity (Wildman–Crippen MR) is 143 cm³/mol. The van der Waals surface area contributed by atoms with E-state index in [-0.39, 0.29) is 17.1 Å². The summed E-state index contributed by atoms with van der Waals surface area (Å²) >= 11 is 3.35. The van der Waals surface area contributed by atoms with E-state index in [1.165, 1.54) is 12.1 Å². The maximum atomic E-state index is 12.7. The molecule has 184 valence electrons. The number of ether oxygens (including phenoxy) is 1. The molecule has 0 bridgehead atoms. The molecule has 0 fully saturated rings. The lowest BCUT2D eigenvalue weighted by atomic mass is 10.1. The third kappa shape index (κ3) is 5.91. The molecule has 2 aromatic heterocycles. The van der Waals surface area contributed by atoms with Gasteiger partial charge in [0.2, 0.25) is 5.88 Å². The number of halogens is 1. The topological polar surface area (TPSA) is 123 Å². The van der Waals surface area contributed by atoms with Gasteiger partial charge in [0.25, 0.3) is 11.6 Å². The Morgan fingerprint density at radius 3 is 2.43 bits per heavy atom. The monoisotopic (exact) mass is 557 g/mol. The summed E-state index contributed by atoms with van der Waals surface area (Å²) in [7, 11) is 0. The van der Waals surface area contributed by atoms with Crippen LogP contribution in [0.15, 0.2) is 83.0 Å². The van der Waals surface area contributed by atoms with Crippen molar-refractivity contribution >= 4 is 39.3 Å². The van der Waals surface area contributed by atoms with Crippen LogP contribution in [0.25, 0.3) is 11.8 Å². The zero-order valence-corrected chi connectivity index (χ0v) is 21.4. The fourth-order valence-electron chi connectivity index (χ4n) is 3.69. The number of rotatable bonds is 7. The molecule has 2 heterocycles. The third-order valence-electron chi connectivity index (χ3n) is 5.49. The standard InChI is InChI=1S/C27H20BrN5O4/c1-17-13-19(14-20(15-29)27(34)31-22-5-3-21(28)4-6-22)18(2)32(17)23-7-10-25(11-8-23)37-26-12-9-24(16-30-26)33(35)36/h3-14,16H,1-2H3,(H,31,34)/b20-14-. The number of nitrogens with one attached hydrogen (secondary N) is 1. The second-order valence-corrected chi connectivity index (χ2v) is 8.92. The van der Waals surface area contributed by atoms with Crippen molar-refractivity contribution in [1.82, 2.24) is 9.55 Å². The number of nitriles is 1. The number of hydrogen-bond donors (Lipinski definition) is 1. The van der Waals surface area contributed by atoms with E-state index < -0.39 is 10.8 Å². The molecule has 0 aliphatic rings. The molecule has 0 atom stereocenters. The first-order valence-corrected chi connectivity index (χ1v) is 11.8. The number of hydrogen-bond acceptors (Lipinski definition) is 6. The summed E-state index contributed by atoms with van der Waals surface area (Å²) in [5.74, 6) is 0.268. The van der Waals surface area contributed by atoms with E-state index in [9.17, 15) is 20.2 Å². The molecule has 0 saturated heterocycles. The summed E-state index contributed by atoms with van der Waals surface area (Å²) in [6.07, 6.45) is 2.71. The highest BCUT2D eigenvalue weighted by atomic mass is 79.9. The first-order chi connectivity index (χ1) is 17.7. The second-order valence-electron chi connectivity index (χ2n) is 8.00. The van der Waals surface area contributed by atoms with E-state index in [0.29, 0.717) is 11.4 Å². The second kappa shape index (κ2) is 10.9. The highest BCUT2D eigenvalue weighted by molar-refractivity contribution is 9.10. The third-order valence-corrected chi connectivity index (χ3v) is 6.01. The number of carbonyl (C=O) groups is 1. The van der Waals surface area contributed by atoms with Crippen molar-refractivity contribution in [2.75, 3.05) is 5.32 Å². The van der Waals surface area contributed by atoms with Gasteiger partial charge in [-0.2, -0.15) is 5.26 Å².